The minimum atomic E-state index is -3.19. The lowest BCUT2D eigenvalue weighted by Gasteiger charge is -2.07. The zero-order chi connectivity index (χ0) is 16.9. The molecule has 0 unspecified atom stereocenters. The van der Waals surface area contributed by atoms with Crippen molar-refractivity contribution >= 4 is 15.7 Å². The van der Waals surface area contributed by atoms with Crippen molar-refractivity contribution in [1.82, 2.24) is 5.32 Å². The Morgan fingerprint density at radius 1 is 1.13 bits per heavy atom. The zero-order valence-electron chi connectivity index (χ0n) is 12.8. The molecule has 0 aliphatic carbocycles. The summed E-state index contributed by atoms with van der Waals surface area (Å²) in [5.74, 6) is -0.726. The zero-order valence-corrected chi connectivity index (χ0v) is 13.6. The third-order valence-electron chi connectivity index (χ3n) is 3.45. The van der Waals surface area contributed by atoms with Crippen LogP contribution in [0.4, 0.5) is 4.39 Å². The van der Waals surface area contributed by atoms with Gasteiger partial charge in [0.2, 0.25) is 0 Å². The van der Waals surface area contributed by atoms with Gasteiger partial charge in [-0.05, 0) is 42.3 Å². The number of carbonyl (C=O) groups is 1. The van der Waals surface area contributed by atoms with Gasteiger partial charge >= 0.3 is 0 Å². The molecule has 1 N–H and O–H groups in total. The second kappa shape index (κ2) is 7.37. The molecule has 2 aromatic carbocycles. The molecule has 0 saturated carbocycles. The summed E-state index contributed by atoms with van der Waals surface area (Å²) in [6.07, 6.45) is 0.563. The predicted molar refractivity (Wildman–Crippen MR) is 86.6 cm³/mol. The molecule has 0 aliphatic rings. The predicted octanol–water partition coefficient (Wildman–Crippen LogP) is 2.59. The first kappa shape index (κ1) is 17.1. The largest absolute Gasteiger partial charge is 0.352 e. The van der Waals surface area contributed by atoms with E-state index in [9.17, 15) is 17.6 Å². The lowest BCUT2D eigenvalue weighted by Crippen LogP contribution is -2.25. The lowest BCUT2D eigenvalue weighted by atomic mass is 10.1. The molecule has 2 rings (SSSR count). The van der Waals surface area contributed by atoms with Gasteiger partial charge in [0.05, 0.1) is 10.6 Å². The van der Waals surface area contributed by atoms with Crippen LogP contribution in [0, 0.1) is 5.82 Å². The molecule has 0 aromatic heterocycles. The van der Waals surface area contributed by atoms with Crippen molar-refractivity contribution in [1.29, 1.82) is 0 Å². The fourth-order valence-corrected chi connectivity index (χ4v) is 2.97. The average Bonchev–Trinajstić information content (AvgIpc) is 2.55. The Hall–Kier alpha value is -2.21. The van der Waals surface area contributed by atoms with Crippen LogP contribution in [0.25, 0.3) is 0 Å². The lowest BCUT2D eigenvalue weighted by molar-refractivity contribution is 0.0953. The van der Waals surface area contributed by atoms with Gasteiger partial charge in [0, 0.05) is 12.1 Å². The first-order chi connectivity index (χ1) is 10.9. The summed E-state index contributed by atoms with van der Waals surface area (Å²) in [5, 5.41) is 2.71. The first-order valence-corrected chi connectivity index (χ1v) is 8.93. The van der Waals surface area contributed by atoms with Crippen LogP contribution in [-0.4, -0.2) is 26.6 Å². The topological polar surface area (TPSA) is 63.2 Å². The number of benzene rings is 2. The summed E-state index contributed by atoms with van der Waals surface area (Å²) in [6.45, 7) is 1.99. The molecule has 0 aliphatic heterocycles. The molecule has 1 amide bonds. The second-order valence-electron chi connectivity index (χ2n) is 5.06. The summed E-state index contributed by atoms with van der Waals surface area (Å²) >= 11 is 0. The molecule has 0 bridgehead atoms. The normalized spacial score (nSPS) is 11.2. The molecule has 0 heterocycles. The fraction of sp³-hybridized carbons (Fsp3) is 0.235. The van der Waals surface area contributed by atoms with Crippen LogP contribution in [0.2, 0.25) is 0 Å². The minimum Gasteiger partial charge on any atom is -0.352 e. The van der Waals surface area contributed by atoms with Gasteiger partial charge in [0.1, 0.15) is 5.82 Å². The summed E-state index contributed by atoms with van der Waals surface area (Å²) in [6, 6.07) is 12.1. The highest BCUT2D eigenvalue weighted by molar-refractivity contribution is 7.91. The molecular formula is C17H18FNO3S. The smallest absolute Gasteiger partial charge is 0.251 e. The van der Waals surface area contributed by atoms with Gasteiger partial charge in [-0.25, -0.2) is 12.8 Å². The van der Waals surface area contributed by atoms with E-state index in [1.54, 1.807) is 37.3 Å². The number of hydrogen-bond acceptors (Lipinski definition) is 3. The van der Waals surface area contributed by atoms with E-state index in [4.69, 9.17) is 0 Å². The van der Waals surface area contributed by atoms with E-state index < -0.39 is 15.7 Å². The number of nitrogens with one attached hydrogen (secondary N) is 1. The quantitative estimate of drug-likeness (QED) is 0.882. The first-order valence-electron chi connectivity index (χ1n) is 7.28. The Balaban J connectivity index is 1.90. The van der Waals surface area contributed by atoms with Gasteiger partial charge in [-0.1, -0.05) is 25.1 Å². The molecular weight excluding hydrogens is 317 g/mol. The van der Waals surface area contributed by atoms with E-state index >= 15 is 0 Å². The Bertz CT molecular complexity index is 786. The molecule has 6 heteroatoms. The Morgan fingerprint density at radius 3 is 2.43 bits per heavy atom. The molecule has 0 saturated heterocycles. The SMILES string of the molecule is CCS(=O)(=O)c1ccc(CCNC(=O)c2cccc(F)c2)cc1. The van der Waals surface area contributed by atoms with Crippen LogP contribution in [-0.2, 0) is 16.3 Å². The summed E-state index contributed by atoms with van der Waals surface area (Å²) in [5.41, 5.74) is 1.19. The van der Waals surface area contributed by atoms with Crippen LogP contribution in [0.3, 0.4) is 0 Å². The van der Waals surface area contributed by atoms with Gasteiger partial charge in [-0.2, -0.15) is 0 Å². The van der Waals surface area contributed by atoms with E-state index in [1.165, 1.54) is 18.2 Å². The molecule has 0 fully saturated rings. The second-order valence-corrected chi connectivity index (χ2v) is 7.34. The van der Waals surface area contributed by atoms with Crippen LogP contribution in [0.1, 0.15) is 22.8 Å². The van der Waals surface area contributed by atoms with Crippen molar-refractivity contribution in [2.24, 2.45) is 0 Å². The van der Waals surface area contributed by atoms with E-state index in [2.05, 4.69) is 5.32 Å². The summed E-state index contributed by atoms with van der Waals surface area (Å²) < 4.78 is 36.5. The molecule has 122 valence electrons. The fourth-order valence-electron chi connectivity index (χ4n) is 2.08. The minimum absolute atomic E-state index is 0.0655. The van der Waals surface area contributed by atoms with Gasteiger partial charge in [0.25, 0.3) is 5.91 Å². The molecule has 0 spiro atoms. The van der Waals surface area contributed by atoms with Gasteiger partial charge in [-0.3, -0.25) is 4.79 Å². The van der Waals surface area contributed by atoms with Crippen molar-refractivity contribution in [3.63, 3.8) is 0 Å². The monoisotopic (exact) mass is 335 g/mol. The highest BCUT2D eigenvalue weighted by Crippen LogP contribution is 2.12. The number of rotatable bonds is 6. The Morgan fingerprint density at radius 2 is 1.83 bits per heavy atom. The molecule has 4 nitrogen and oxygen atoms in total. The van der Waals surface area contributed by atoms with Crippen LogP contribution < -0.4 is 5.32 Å². The maximum atomic E-state index is 13.0. The van der Waals surface area contributed by atoms with Crippen molar-refractivity contribution < 1.29 is 17.6 Å². The van der Waals surface area contributed by atoms with Gasteiger partial charge < -0.3 is 5.32 Å². The van der Waals surface area contributed by atoms with E-state index in [1.807, 2.05) is 0 Å². The standard InChI is InChI=1S/C17H18FNO3S/c1-2-23(21,22)16-8-6-13(7-9-16)10-11-19-17(20)14-4-3-5-15(18)12-14/h3-9,12H,2,10-11H2,1H3,(H,19,20). The average molecular weight is 335 g/mol. The van der Waals surface area contributed by atoms with E-state index in [0.717, 1.165) is 5.56 Å². The molecule has 23 heavy (non-hydrogen) atoms. The van der Waals surface area contributed by atoms with E-state index in [0.29, 0.717) is 17.9 Å². The number of hydrogen-bond donors (Lipinski definition) is 1. The van der Waals surface area contributed by atoms with E-state index in [-0.39, 0.29) is 17.2 Å². The van der Waals surface area contributed by atoms with Crippen molar-refractivity contribution in [2.45, 2.75) is 18.2 Å². The molecule has 2 aromatic rings. The number of sulfone groups is 1. The maximum absolute atomic E-state index is 13.0. The summed E-state index contributed by atoms with van der Waals surface area (Å²) in [7, 11) is -3.19. The Labute approximate surface area is 135 Å². The molecule has 0 atom stereocenters. The highest BCUT2D eigenvalue weighted by Gasteiger charge is 2.11. The van der Waals surface area contributed by atoms with Crippen molar-refractivity contribution in [3.05, 3.63) is 65.5 Å². The van der Waals surface area contributed by atoms with Crippen molar-refractivity contribution in [3.8, 4) is 0 Å². The third-order valence-corrected chi connectivity index (χ3v) is 5.20. The van der Waals surface area contributed by atoms with Gasteiger partial charge in [0.15, 0.2) is 9.84 Å². The third kappa shape index (κ3) is 4.63. The van der Waals surface area contributed by atoms with Crippen LogP contribution in [0.15, 0.2) is 53.4 Å². The number of amides is 1. The maximum Gasteiger partial charge on any atom is 0.251 e. The summed E-state index contributed by atoms with van der Waals surface area (Å²) in [4.78, 5) is 12.2. The van der Waals surface area contributed by atoms with Crippen molar-refractivity contribution in [2.75, 3.05) is 12.3 Å². The Kier molecular flexibility index (Phi) is 5.50. The van der Waals surface area contributed by atoms with Gasteiger partial charge in [-0.15, -0.1) is 0 Å². The van der Waals surface area contributed by atoms with Crippen LogP contribution in [0.5, 0.6) is 0 Å². The van der Waals surface area contributed by atoms with Crippen LogP contribution >= 0.6 is 0 Å². The number of halogens is 1. The molecule has 0 radical (unpaired) electrons. The highest BCUT2D eigenvalue weighted by atomic mass is 32.2. The number of carbonyl (C=O) groups excluding carboxylic acids is 1.